The maximum absolute atomic E-state index is 13.1. The summed E-state index contributed by atoms with van der Waals surface area (Å²) in [5, 5.41) is 4.97. The number of anilines is 2. The SMILES string of the molecule is COc1ccc(-c2ccc(S(=O)(=O)Cc3ccccc3)cc2NC(=O)Nc2cccc(C(F)(F)F)c2)cc1. The van der Waals surface area contributed by atoms with Gasteiger partial charge in [-0.15, -0.1) is 0 Å². The van der Waals surface area contributed by atoms with E-state index >= 15 is 0 Å². The summed E-state index contributed by atoms with van der Waals surface area (Å²) in [6, 6.07) is 23.3. The Balaban J connectivity index is 1.67. The Morgan fingerprint density at radius 2 is 1.55 bits per heavy atom. The summed E-state index contributed by atoms with van der Waals surface area (Å²) in [7, 11) is -2.26. The van der Waals surface area contributed by atoms with Gasteiger partial charge in [-0.05, 0) is 53.6 Å². The Bertz CT molecular complexity index is 1540. The molecule has 4 aromatic carbocycles. The minimum absolute atomic E-state index is 0.0204. The van der Waals surface area contributed by atoms with Gasteiger partial charge in [0.2, 0.25) is 0 Å². The van der Waals surface area contributed by atoms with Crippen molar-refractivity contribution in [1.82, 2.24) is 0 Å². The highest BCUT2D eigenvalue weighted by Crippen LogP contribution is 2.33. The number of sulfone groups is 1. The Morgan fingerprint density at radius 1 is 0.842 bits per heavy atom. The van der Waals surface area contributed by atoms with E-state index in [1.807, 2.05) is 0 Å². The van der Waals surface area contributed by atoms with E-state index in [0.29, 0.717) is 22.4 Å². The predicted molar refractivity (Wildman–Crippen MR) is 140 cm³/mol. The second kappa shape index (κ2) is 11.0. The zero-order chi connectivity index (χ0) is 27.3. The van der Waals surface area contributed by atoms with E-state index in [9.17, 15) is 26.4 Å². The first-order valence-corrected chi connectivity index (χ1v) is 13.0. The zero-order valence-electron chi connectivity index (χ0n) is 20.1. The van der Waals surface area contributed by atoms with Gasteiger partial charge in [-0.25, -0.2) is 13.2 Å². The lowest BCUT2D eigenvalue weighted by atomic mass is 10.0. The fraction of sp³-hybridized carbons (Fsp3) is 0.107. The quantitative estimate of drug-likeness (QED) is 0.264. The number of halogens is 3. The average Bonchev–Trinajstić information content (AvgIpc) is 2.89. The molecule has 0 unspecified atom stereocenters. The molecule has 0 saturated carbocycles. The maximum Gasteiger partial charge on any atom is 0.416 e. The Morgan fingerprint density at radius 3 is 2.21 bits per heavy atom. The summed E-state index contributed by atoms with van der Waals surface area (Å²) in [4.78, 5) is 12.8. The average molecular weight is 541 g/mol. The normalized spacial score (nSPS) is 11.6. The van der Waals surface area contributed by atoms with Crippen molar-refractivity contribution < 1.29 is 31.1 Å². The number of ether oxygens (including phenoxy) is 1. The first kappa shape index (κ1) is 26.7. The molecule has 4 aromatic rings. The van der Waals surface area contributed by atoms with E-state index in [-0.39, 0.29) is 22.0 Å². The topological polar surface area (TPSA) is 84.5 Å². The molecule has 0 aliphatic rings. The summed E-state index contributed by atoms with van der Waals surface area (Å²) in [6.07, 6.45) is -4.57. The van der Waals surface area contributed by atoms with Crippen LogP contribution in [0.2, 0.25) is 0 Å². The van der Waals surface area contributed by atoms with E-state index in [2.05, 4.69) is 10.6 Å². The van der Waals surface area contributed by atoms with Gasteiger partial charge in [0.1, 0.15) is 5.75 Å². The third kappa shape index (κ3) is 6.51. The zero-order valence-corrected chi connectivity index (χ0v) is 20.9. The first-order valence-electron chi connectivity index (χ1n) is 11.4. The summed E-state index contributed by atoms with van der Waals surface area (Å²) in [5.41, 5.74) is 0.939. The standard InChI is InChI=1S/C28H23F3N2O4S/c1-37-23-12-10-20(11-13-23)25-15-14-24(38(35,36)18-19-6-3-2-4-7-19)17-26(25)33-27(34)32-22-9-5-8-21(16-22)28(29,30)31/h2-17H,18H2,1H3,(H2,32,33,34). The highest BCUT2D eigenvalue weighted by Gasteiger charge is 2.30. The van der Waals surface area contributed by atoms with Gasteiger partial charge in [0.25, 0.3) is 0 Å². The lowest BCUT2D eigenvalue weighted by Crippen LogP contribution is -2.20. The van der Waals surface area contributed by atoms with Gasteiger partial charge < -0.3 is 15.4 Å². The summed E-state index contributed by atoms with van der Waals surface area (Å²) in [6.45, 7) is 0. The van der Waals surface area contributed by atoms with Crippen LogP contribution in [-0.4, -0.2) is 21.6 Å². The van der Waals surface area contributed by atoms with Crippen LogP contribution < -0.4 is 15.4 Å². The molecule has 6 nitrogen and oxygen atoms in total. The van der Waals surface area contributed by atoms with Crippen LogP contribution in [0.4, 0.5) is 29.3 Å². The third-order valence-electron chi connectivity index (χ3n) is 5.65. The lowest BCUT2D eigenvalue weighted by molar-refractivity contribution is -0.137. The number of hydrogen-bond acceptors (Lipinski definition) is 4. The van der Waals surface area contributed by atoms with Crippen molar-refractivity contribution in [3.63, 3.8) is 0 Å². The van der Waals surface area contributed by atoms with Crippen LogP contribution >= 0.6 is 0 Å². The highest BCUT2D eigenvalue weighted by molar-refractivity contribution is 7.90. The summed E-state index contributed by atoms with van der Waals surface area (Å²) in [5.74, 6) is 0.360. The van der Waals surface area contributed by atoms with E-state index in [1.165, 1.54) is 31.4 Å². The molecule has 0 aliphatic carbocycles. The molecule has 4 rings (SSSR count). The fourth-order valence-corrected chi connectivity index (χ4v) is 5.15. The van der Waals surface area contributed by atoms with Gasteiger partial charge in [-0.3, -0.25) is 0 Å². The molecule has 0 heterocycles. The molecular weight excluding hydrogens is 517 g/mol. The minimum Gasteiger partial charge on any atom is -0.497 e. The molecule has 0 aromatic heterocycles. The van der Waals surface area contributed by atoms with E-state index < -0.39 is 27.6 Å². The van der Waals surface area contributed by atoms with Crippen molar-refractivity contribution in [1.29, 1.82) is 0 Å². The number of rotatable bonds is 7. The number of carbonyl (C=O) groups excluding carboxylic acids is 1. The monoisotopic (exact) mass is 540 g/mol. The third-order valence-corrected chi connectivity index (χ3v) is 7.33. The molecule has 196 valence electrons. The van der Waals surface area contributed by atoms with Crippen LogP contribution in [0.1, 0.15) is 11.1 Å². The lowest BCUT2D eigenvalue weighted by Gasteiger charge is -2.15. The number of carbonyl (C=O) groups is 1. The van der Waals surface area contributed by atoms with Gasteiger partial charge in [-0.1, -0.05) is 54.6 Å². The van der Waals surface area contributed by atoms with Gasteiger partial charge in [0.15, 0.2) is 9.84 Å². The minimum atomic E-state index is -4.57. The fourth-order valence-electron chi connectivity index (χ4n) is 3.78. The first-order chi connectivity index (χ1) is 18.0. The van der Waals surface area contributed by atoms with Crippen molar-refractivity contribution in [3.05, 3.63) is 108 Å². The molecule has 0 saturated heterocycles. The van der Waals surface area contributed by atoms with Crippen LogP contribution in [0.3, 0.4) is 0 Å². The van der Waals surface area contributed by atoms with Gasteiger partial charge >= 0.3 is 12.2 Å². The molecule has 2 N–H and O–H groups in total. The Kier molecular flexibility index (Phi) is 7.72. The number of urea groups is 1. The van der Waals surface area contributed by atoms with Crippen molar-refractivity contribution in [2.45, 2.75) is 16.8 Å². The van der Waals surface area contributed by atoms with Crippen LogP contribution in [0.15, 0.2) is 102 Å². The van der Waals surface area contributed by atoms with Crippen LogP contribution in [0, 0.1) is 0 Å². The van der Waals surface area contributed by atoms with Crippen LogP contribution in [0.25, 0.3) is 11.1 Å². The van der Waals surface area contributed by atoms with Gasteiger partial charge in [0, 0.05) is 11.3 Å². The molecule has 38 heavy (non-hydrogen) atoms. The van der Waals surface area contributed by atoms with E-state index in [1.54, 1.807) is 60.7 Å². The Labute approximate surface area is 218 Å². The van der Waals surface area contributed by atoms with Crippen molar-refractivity contribution in [2.24, 2.45) is 0 Å². The van der Waals surface area contributed by atoms with Crippen LogP contribution in [0.5, 0.6) is 5.75 Å². The predicted octanol–water partition coefficient (Wildman–Crippen LogP) is 7.00. The number of benzene rings is 4. The number of hydrogen-bond donors (Lipinski definition) is 2. The summed E-state index contributed by atoms with van der Waals surface area (Å²) < 4.78 is 70.7. The molecule has 0 bridgehead atoms. The molecule has 0 aliphatic heterocycles. The summed E-state index contributed by atoms with van der Waals surface area (Å²) >= 11 is 0. The number of nitrogens with one attached hydrogen (secondary N) is 2. The van der Waals surface area contributed by atoms with E-state index in [0.717, 1.165) is 12.1 Å². The molecule has 10 heteroatoms. The van der Waals surface area contributed by atoms with Gasteiger partial charge in [-0.2, -0.15) is 13.2 Å². The maximum atomic E-state index is 13.1. The Hall–Kier alpha value is -4.31. The molecule has 0 radical (unpaired) electrons. The molecular formula is C28H23F3N2O4S. The van der Waals surface area contributed by atoms with Crippen molar-refractivity contribution in [2.75, 3.05) is 17.7 Å². The molecule has 0 fully saturated rings. The second-order valence-corrected chi connectivity index (χ2v) is 10.3. The largest absolute Gasteiger partial charge is 0.497 e. The molecule has 0 spiro atoms. The van der Waals surface area contributed by atoms with Crippen molar-refractivity contribution >= 4 is 27.2 Å². The second-order valence-electron chi connectivity index (χ2n) is 8.34. The van der Waals surface area contributed by atoms with Gasteiger partial charge in [0.05, 0.1) is 29.0 Å². The van der Waals surface area contributed by atoms with Crippen molar-refractivity contribution in [3.8, 4) is 16.9 Å². The number of alkyl halides is 3. The van der Waals surface area contributed by atoms with E-state index in [4.69, 9.17) is 4.74 Å². The molecule has 0 atom stereocenters. The smallest absolute Gasteiger partial charge is 0.416 e. The number of methoxy groups -OCH3 is 1. The highest BCUT2D eigenvalue weighted by atomic mass is 32.2. The molecule has 2 amide bonds. The van der Waals surface area contributed by atoms with Crippen LogP contribution in [-0.2, 0) is 21.8 Å². The number of amides is 2.